The smallest absolute Gasteiger partial charge is 0.273 e. The second kappa shape index (κ2) is 6.25. The number of nitrogens with one attached hydrogen (secondary N) is 2. The van der Waals surface area contributed by atoms with Crippen molar-refractivity contribution in [3.63, 3.8) is 0 Å². The summed E-state index contributed by atoms with van der Waals surface area (Å²) in [7, 11) is 1.61. The molecule has 2 heterocycles. The Morgan fingerprint density at radius 1 is 1.41 bits per heavy atom. The number of aromatic nitrogens is 1. The van der Waals surface area contributed by atoms with Gasteiger partial charge in [-0.15, -0.1) is 0 Å². The van der Waals surface area contributed by atoms with Gasteiger partial charge in [-0.1, -0.05) is 5.16 Å². The van der Waals surface area contributed by atoms with Crippen molar-refractivity contribution in [1.82, 2.24) is 15.8 Å². The van der Waals surface area contributed by atoms with Crippen LogP contribution in [0.25, 0.3) is 11.3 Å². The van der Waals surface area contributed by atoms with Crippen LogP contribution in [0.1, 0.15) is 10.5 Å². The van der Waals surface area contributed by atoms with Gasteiger partial charge >= 0.3 is 0 Å². The number of hydrogen-bond acceptors (Lipinski definition) is 5. The number of hydrogen-bond donors (Lipinski definition) is 2. The highest BCUT2D eigenvalue weighted by molar-refractivity contribution is 5.93. The largest absolute Gasteiger partial charge is 0.378 e. The van der Waals surface area contributed by atoms with E-state index in [0.717, 1.165) is 0 Å². The van der Waals surface area contributed by atoms with Gasteiger partial charge in [0, 0.05) is 31.8 Å². The van der Waals surface area contributed by atoms with Gasteiger partial charge in [-0.25, -0.2) is 4.39 Å². The van der Waals surface area contributed by atoms with Gasteiger partial charge in [-0.2, -0.15) is 0 Å². The number of nitrogens with zero attached hydrogens (tertiary/aromatic N) is 1. The van der Waals surface area contributed by atoms with Crippen LogP contribution < -0.4 is 10.6 Å². The van der Waals surface area contributed by atoms with E-state index in [1.807, 2.05) is 0 Å². The molecule has 0 saturated carbocycles. The Hall–Kier alpha value is -2.25. The van der Waals surface area contributed by atoms with Gasteiger partial charge in [0.15, 0.2) is 11.5 Å². The summed E-state index contributed by atoms with van der Waals surface area (Å²) in [6.07, 6.45) is -0.0626. The minimum Gasteiger partial charge on any atom is -0.378 e. The van der Waals surface area contributed by atoms with Crippen molar-refractivity contribution < 1.29 is 18.4 Å². The third-order valence-corrected chi connectivity index (χ3v) is 3.65. The quantitative estimate of drug-likeness (QED) is 0.887. The van der Waals surface area contributed by atoms with Crippen LogP contribution in [0.5, 0.6) is 0 Å². The predicted octanol–water partition coefficient (Wildman–Crippen LogP) is 1.20. The number of halogens is 1. The molecular formula is C15H16FN3O3. The minimum absolute atomic E-state index is 0.0626. The van der Waals surface area contributed by atoms with Crippen molar-refractivity contribution in [3.8, 4) is 11.3 Å². The molecule has 0 bridgehead atoms. The van der Waals surface area contributed by atoms with Crippen molar-refractivity contribution in [2.24, 2.45) is 0 Å². The van der Waals surface area contributed by atoms with E-state index in [-0.39, 0.29) is 29.6 Å². The summed E-state index contributed by atoms with van der Waals surface area (Å²) in [5.41, 5.74) is 0.839. The highest BCUT2D eigenvalue weighted by Gasteiger charge is 2.29. The van der Waals surface area contributed by atoms with Crippen LogP contribution in [-0.4, -0.2) is 43.4 Å². The van der Waals surface area contributed by atoms with Gasteiger partial charge in [-0.05, 0) is 24.3 Å². The molecule has 1 fully saturated rings. The molecule has 1 aliphatic heterocycles. The molecule has 1 unspecified atom stereocenters. The summed E-state index contributed by atoms with van der Waals surface area (Å²) in [5.74, 6) is -0.244. The molecule has 1 aromatic carbocycles. The van der Waals surface area contributed by atoms with E-state index in [0.29, 0.717) is 24.4 Å². The van der Waals surface area contributed by atoms with Crippen molar-refractivity contribution in [2.45, 2.75) is 12.1 Å². The Bertz CT molecular complexity index is 656. The lowest BCUT2D eigenvalue weighted by Crippen LogP contribution is -2.43. The lowest BCUT2D eigenvalue weighted by atomic mass is 10.1. The highest BCUT2D eigenvalue weighted by atomic mass is 19.1. The summed E-state index contributed by atoms with van der Waals surface area (Å²) in [6.45, 7) is 1.34. The molecule has 1 aromatic heterocycles. The van der Waals surface area contributed by atoms with Crippen LogP contribution in [0, 0.1) is 5.82 Å². The van der Waals surface area contributed by atoms with E-state index in [1.54, 1.807) is 19.2 Å². The Kier molecular flexibility index (Phi) is 4.17. The Labute approximate surface area is 126 Å². The summed E-state index contributed by atoms with van der Waals surface area (Å²) >= 11 is 0. The zero-order valence-electron chi connectivity index (χ0n) is 12.0. The van der Waals surface area contributed by atoms with E-state index in [1.165, 1.54) is 18.2 Å². The van der Waals surface area contributed by atoms with E-state index in [9.17, 15) is 9.18 Å². The average molecular weight is 305 g/mol. The Balaban J connectivity index is 1.70. The second-order valence-corrected chi connectivity index (χ2v) is 5.10. The maximum absolute atomic E-state index is 12.9. The van der Waals surface area contributed by atoms with Crippen LogP contribution in [0.2, 0.25) is 0 Å². The minimum atomic E-state index is -0.333. The summed E-state index contributed by atoms with van der Waals surface area (Å²) in [5, 5.41) is 9.77. The van der Waals surface area contributed by atoms with Crippen molar-refractivity contribution in [2.75, 3.05) is 20.2 Å². The third-order valence-electron chi connectivity index (χ3n) is 3.65. The third kappa shape index (κ3) is 3.00. The van der Waals surface area contributed by atoms with Crippen molar-refractivity contribution in [3.05, 3.63) is 41.8 Å². The molecule has 2 aromatic rings. The van der Waals surface area contributed by atoms with Crippen LogP contribution in [-0.2, 0) is 4.74 Å². The number of carbonyl (C=O) groups is 1. The van der Waals surface area contributed by atoms with E-state index < -0.39 is 0 Å². The van der Waals surface area contributed by atoms with Gasteiger partial charge in [0.1, 0.15) is 5.82 Å². The van der Waals surface area contributed by atoms with E-state index in [2.05, 4.69) is 15.8 Å². The molecule has 7 heteroatoms. The first-order valence-corrected chi connectivity index (χ1v) is 6.94. The molecule has 3 rings (SSSR count). The Morgan fingerprint density at radius 3 is 2.91 bits per heavy atom. The molecule has 0 aliphatic carbocycles. The fourth-order valence-electron chi connectivity index (χ4n) is 2.42. The lowest BCUT2D eigenvalue weighted by molar-refractivity contribution is 0.0773. The molecule has 116 valence electrons. The van der Waals surface area contributed by atoms with Crippen LogP contribution in [0.15, 0.2) is 34.9 Å². The molecule has 0 radical (unpaired) electrons. The molecule has 1 saturated heterocycles. The summed E-state index contributed by atoms with van der Waals surface area (Å²) in [6, 6.07) is 7.21. The first-order valence-electron chi connectivity index (χ1n) is 6.94. The fourth-order valence-corrected chi connectivity index (χ4v) is 2.42. The van der Waals surface area contributed by atoms with E-state index in [4.69, 9.17) is 9.26 Å². The van der Waals surface area contributed by atoms with Gasteiger partial charge < -0.3 is 19.9 Å². The Morgan fingerprint density at radius 2 is 2.18 bits per heavy atom. The fraction of sp³-hybridized carbons (Fsp3) is 0.333. The van der Waals surface area contributed by atoms with Crippen LogP contribution in [0.3, 0.4) is 0 Å². The average Bonchev–Trinajstić information content (AvgIpc) is 3.16. The zero-order chi connectivity index (χ0) is 15.5. The molecule has 2 N–H and O–H groups in total. The molecule has 1 amide bonds. The van der Waals surface area contributed by atoms with Gasteiger partial charge in [0.25, 0.3) is 5.91 Å². The predicted molar refractivity (Wildman–Crippen MR) is 76.8 cm³/mol. The SMILES string of the molecule is CO[C@H]1CNCC1NC(=O)c1cc(-c2ccc(F)cc2)on1. The number of carbonyl (C=O) groups excluding carboxylic acids is 1. The second-order valence-electron chi connectivity index (χ2n) is 5.10. The number of amides is 1. The van der Waals surface area contributed by atoms with Gasteiger partial charge in [0.2, 0.25) is 0 Å². The monoisotopic (exact) mass is 305 g/mol. The first kappa shape index (κ1) is 14.7. The van der Waals surface area contributed by atoms with Gasteiger partial charge in [-0.3, -0.25) is 4.79 Å². The molecule has 1 aliphatic rings. The van der Waals surface area contributed by atoms with Crippen molar-refractivity contribution in [1.29, 1.82) is 0 Å². The summed E-state index contributed by atoms with van der Waals surface area (Å²) < 4.78 is 23.3. The lowest BCUT2D eigenvalue weighted by Gasteiger charge is -2.17. The van der Waals surface area contributed by atoms with Crippen LogP contribution in [0.4, 0.5) is 4.39 Å². The normalized spacial score (nSPS) is 21.0. The molecule has 6 nitrogen and oxygen atoms in total. The standard InChI is InChI=1S/C15H16FN3O3/c1-21-14-8-17-7-12(14)18-15(20)11-6-13(22-19-11)9-2-4-10(16)5-3-9/h2-6,12,14,17H,7-8H2,1H3,(H,18,20)/t12?,14-/m0/s1. The first-order chi connectivity index (χ1) is 10.7. The number of methoxy groups -OCH3 is 1. The number of ether oxygens (including phenoxy) is 1. The van der Waals surface area contributed by atoms with Crippen LogP contribution >= 0.6 is 0 Å². The maximum atomic E-state index is 12.9. The molecule has 2 atom stereocenters. The molecular weight excluding hydrogens is 289 g/mol. The number of rotatable bonds is 4. The van der Waals surface area contributed by atoms with Crippen molar-refractivity contribution >= 4 is 5.91 Å². The zero-order valence-corrected chi connectivity index (χ0v) is 12.0. The number of benzene rings is 1. The molecule has 0 spiro atoms. The highest BCUT2D eigenvalue weighted by Crippen LogP contribution is 2.20. The van der Waals surface area contributed by atoms with Gasteiger partial charge in [0.05, 0.1) is 12.1 Å². The molecule has 22 heavy (non-hydrogen) atoms. The maximum Gasteiger partial charge on any atom is 0.273 e. The topological polar surface area (TPSA) is 76.4 Å². The van der Waals surface area contributed by atoms with E-state index >= 15 is 0 Å². The summed E-state index contributed by atoms with van der Waals surface area (Å²) in [4.78, 5) is 12.2.